The molecule has 0 radical (unpaired) electrons. The van der Waals surface area contributed by atoms with E-state index >= 15 is 0 Å². The SMILES string of the molecule is COc1cnc2c(N3CCC(N(C)C)C3)ccc(C(=O)Nc3cc(F)c4nc(C)cn4c3)c2n1. The lowest BCUT2D eigenvalue weighted by Gasteiger charge is -2.23. The van der Waals surface area contributed by atoms with E-state index in [0.29, 0.717) is 39.9 Å². The van der Waals surface area contributed by atoms with Crippen LogP contribution in [-0.2, 0) is 0 Å². The highest BCUT2D eigenvalue weighted by molar-refractivity contribution is 6.13. The number of amides is 1. The average molecular weight is 464 g/mol. The van der Waals surface area contributed by atoms with Gasteiger partial charge in [0.25, 0.3) is 5.91 Å². The summed E-state index contributed by atoms with van der Waals surface area (Å²) in [5.74, 6) is -0.619. The molecule has 0 aliphatic carbocycles. The summed E-state index contributed by atoms with van der Waals surface area (Å²) < 4.78 is 21.3. The van der Waals surface area contributed by atoms with Crippen molar-refractivity contribution in [2.24, 2.45) is 0 Å². The molecule has 1 unspecified atom stereocenters. The molecule has 1 aliphatic rings. The standard InChI is InChI=1S/C24H26FN7O2/c1-14-11-32-12-15(9-18(25)23(32)27-14)28-24(33)17-5-6-19(31-8-7-16(13-31)30(2)3)22-21(17)29-20(34-4)10-26-22/h5-6,9-12,16H,7-8,13H2,1-4H3,(H,28,33). The van der Waals surface area contributed by atoms with Crippen molar-refractivity contribution in [1.29, 1.82) is 0 Å². The van der Waals surface area contributed by atoms with Gasteiger partial charge in [-0.05, 0) is 39.6 Å². The number of fused-ring (bicyclic) bond motifs is 2. The number of nitrogens with zero attached hydrogens (tertiary/aromatic N) is 6. The number of nitrogens with one attached hydrogen (secondary N) is 1. The Bertz CT molecular complexity index is 1400. The molecule has 0 bridgehead atoms. The van der Waals surface area contributed by atoms with E-state index in [1.54, 1.807) is 36.0 Å². The van der Waals surface area contributed by atoms with E-state index in [0.717, 1.165) is 25.2 Å². The van der Waals surface area contributed by atoms with Crippen molar-refractivity contribution in [2.75, 3.05) is 44.5 Å². The summed E-state index contributed by atoms with van der Waals surface area (Å²) in [6.45, 7) is 3.54. The third-order valence-electron chi connectivity index (χ3n) is 6.23. The lowest BCUT2D eigenvalue weighted by molar-refractivity contribution is 0.102. The van der Waals surface area contributed by atoms with Gasteiger partial charge in [0.2, 0.25) is 5.88 Å². The third kappa shape index (κ3) is 3.90. The zero-order valence-electron chi connectivity index (χ0n) is 19.5. The number of carbonyl (C=O) groups is 1. The number of likely N-dealkylation sites (N-methyl/N-ethyl adjacent to an activating group) is 1. The number of rotatable bonds is 5. The minimum Gasteiger partial charge on any atom is -0.480 e. The van der Waals surface area contributed by atoms with E-state index in [1.165, 1.54) is 13.2 Å². The second-order valence-corrected chi connectivity index (χ2v) is 8.74. The van der Waals surface area contributed by atoms with Crippen molar-refractivity contribution in [3.8, 4) is 5.88 Å². The number of aryl methyl sites for hydroxylation is 1. The van der Waals surface area contributed by atoms with Gasteiger partial charge in [0, 0.05) is 37.6 Å². The summed E-state index contributed by atoms with van der Waals surface area (Å²) in [5.41, 5.74) is 3.52. The van der Waals surface area contributed by atoms with Gasteiger partial charge in [-0.2, -0.15) is 0 Å². The van der Waals surface area contributed by atoms with Crippen LogP contribution < -0.4 is 15.0 Å². The number of benzene rings is 1. The molecule has 34 heavy (non-hydrogen) atoms. The maximum absolute atomic E-state index is 14.5. The molecule has 5 rings (SSSR count). The number of ether oxygens (including phenoxy) is 1. The highest BCUT2D eigenvalue weighted by Gasteiger charge is 2.27. The molecule has 1 amide bonds. The largest absolute Gasteiger partial charge is 0.480 e. The van der Waals surface area contributed by atoms with Crippen LogP contribution in [0.1, 0.15) is 22.5 Å². The molecular weight excluding hydrogens is 437 g/mol. The van der Waals surface area contributed by atoms with Crippen LogP contribution in [0.5, 0.6) is 5.88 Å². The van der Waals surface area contributed by atoms with E-state index in [1.807, 2.05) is 6.07 Å². The predicted molar refractivity (Wildman–Crippen MR) is 128 cm³/mol. The molecule has 0 saturated carbocycles. The number of imidazole rings is 1. The van der Waals surface area contributed by atoms with E-state index in [4.69, 9.17) is 4.74 Å². The van der Waals surface area contributed by atoms with Gasteiger partial charge >= 0.3 is 0 Å². The molecule has 176 valence electrons. The number of halogens is 1. The van der Waals surface area contributed by atoms with Gasteiger partial charge in [-0.1, -0.05) is 0 Å². The number of carbonyl (C=O) groups excluding carboxylic acids is 1. The van der Waals surface area contributed by atoms with Crippen LogP contribution in [0.25, 0.3) is 16.7 Å². The number of methoxy groups -OCH3 is 1. The number of pyridine rings is 1. The van der Waals surface area contributed by atoms with Crippen molar-refractivity contribution in [1.82, 2.24) is 24.3 Å². The maximum atomic E-state index is 14.5. The Morgan fingerprint density at radius 2 is 2.06 bits per heavy atom. The van der Waals surface area contributed by atoms with Crippen LogP contribution in [0, 0.1) is 12.7 Å². The maximum Gasteiger partial charge on any atom is 0.257 e. The van der Waals surface area contributed by atoms with Gasteiger partial charge in [0.15, 0.2) is 11.5 Å². The predicted octanol–water partition coefficient (Wildman–Crippen LogP) is 3.13. The molecule has 1 atom stereocenters. The van der Waals surface area contributed by atoms with E-state index in [-0.39, 0.29) is 5.65 Å². The van der Waals surface area contributed by atoms with E-state index < -0.39 is 11.7 Å². The van der Waals surface area contributed by atoms with Crippen molar-refractivity contribution >= 4 is 34.0 Å². The van der Waals surface area contributed by atoms with Gasteiger partial charge in [-0.15, -0.1) is 0 Å². The Morgan fingerprint density at radius 1 is 1.24 bits per heavy atom. The number of anilines is 2. The minimum atomic E-state index is -0.517. The van der Waals surface area contributed by atoms with Gasteiger partial charge in [-0.3, -0.25) is 4.79 Å². The molecule has 10 heteroatoms. The zero-order valence-corrected chi connectivity index (χ0v) is 19.5. The highest BCUT2D eigenvalue weighted by Crippen LogP contribution is 2.31. The average Bonchev–Trinajstić information content (AvgIpc) is 3.45. The van der Waals surface area contributed by atoms with Gasteiger partial charge < -0.3 is 24.3 Å². The first-order valence-corrected chi connectivity index (χ1v) is 11.1. The molecular formula is C24H26FN7O2. The molecule has 1 N–H and O–H groups in total. The summed E-state index contributed by atoms with van der Waals surface area (Å²) in [4.78, 5) is 31.0. The third-order valence-corrected chi connectivity index (χ3v) is 6.23. The van der Waals surface area contributed by atoms with Crippen LogP contribution in [0.3, 0.4) is 0 Å². The van der Waals surface area contributed by atoms with E-state index in [2.05, 4.69) is 44.2 Å². The topological polar surface area (TPSA) is 87.9 Å². The highest BCUT2D eigenvalue weighted by atomic mass is 19.1. The van der Waals surface area contributed by atoms with E-state index in [9.17, 15) is 9.18 Å². The molecule has 1 saturated heterocycles. The first kappa shape index (κ1) is 22.0. The molecule has 4 heterocycles. The number of hydrogen-bond donors (Lipinski definition) is 1. The van der Waals surface area contributed by atoms with Gasteiger partial charge in [0.05, 0.1) is 35.9 Å². The summed E-state index contributed by atoms with van der Waals surface area (Å²) in [6, 6.07) is 5.34. The second kappa shape index (κ2) is 8.53. The Balaban J connectivity index is 1.52. The Morgan fingerprint density at radius 3 is 2.79 bits per heavy atom. The quantitative estimate of drug-likeness (QED) is 0.487. The molecule has 0 spiro atoms. The van der Waals surface area contributed by atoms with Crippen molar-refractivity contribution < 1.29 is 13.9 Å². The molecule has 1 aromatic carbocycles. The zero-order chi connectivity index (χ0) is 24.0. The van der Waals surface area contributed by atoms with Gasteiger partial charge in [-0.25, -0.2) is 19.3 Å². The smallest absolute Gasteiger partial charge is 0.257 e. The fourth-order valence-corrected chi connectivity index (χ4v) is 4.43. The Kier molecular flexibility index (Phi) is 5.52. The minimum absolute atomic E-state index is 0.211. The van der Waals surface area contributed by atoms with Crippen LogP contribution >= 0.6 is 0 Å². The second-order valence-electron chi connectivity index (χ2n) is 8.74. The first-order valence-electron chi connectivity index (χ1n) is 11.1. The fraction of sp³-hybridized carbons (Fsp3) is 0.333. The summed E-state index contributed by atoms with van der Waals surface area (Å²) in [7, 11) is 5.66. The summed E-state index contributed by atoms with van der Waals surface area (Å²) in [6.07, 6.45) is 5.93. The number of hydrogen-bond acceptors (Lipinski definition) is 7. The summed E-state index contributed by atoms with van der Waals surface area (Å²) in [5, 5.41) is 2.78. The lowest BCUT2D eigenvalue weighted by Crippen LogP contribution is -2.31. The lowest BCUT2D eigenvalue weighted by atomic mass is 10.1. The van der Waals surface area contributed by atoms with Crippen LogP contribution in [0.15, 0.2) is 36.8 Å². The molecule has 1 fully saturated rings. The number of aromatic nitrogens is 4. The van der Waals surface area contributed by atoms with Crippen molar-refractivity contribution in [2.45, 2.75) is 19.4 Å². The van der Waals surface area contributed by atoms with Crippen molar-refractivity contribution in [3.05, 3.63) is 53.9 Å². The van der Waals surface area contributed by atoms with Crippen LogP contribution in [-0.4, -0.2) is 70.5 Å². The molecule has 9 nitrogen and oxygen atoms in total. The molecule has 3 aromatic heterocycles. The van der Waals surface area contributed by atoms with Crippen LogP contribution in [0.2, 0.25) is 0 Å². The monoisotopic (exact) mass is 463 g/mol. The molecule has 4 aromatic rings. The molecule has 1 aliphatic heterocycles. The normalized spacial score (nSPS) is 16.1. The van der Waals surface area contributed by atoms with Crippen LogP contribution in [0.4, 0.5) is 15.8 Å². The van der Waals surface area contributed by atoms with Gasteiger partial charge in [0.1, 0.15) is 11.0 Å². The first-order chi connectivity index (χ1) is 16.3. The Hall–Kier alpha value is -3.79. The van der Waals surface area contributed by atoms with Crippen molar-refractivity contribution in [3.63, 3.8) is 0 Å². The summed E-state index contributed by atoms with van der Waals surface area (Å²) >= 11 is 0. The Labute approximate surface area is 196 Å². The fourth-order valence-electron chi connectivity index (χ4n) is 4.43.